The number of aromatic amines is 1. The first-order valence-electron chi connectivity index (χ1n) is 10.4. The molecule has 1 aliphatic rings. The number of halogens is 4. The summed E-state index contributed by atoms with van der Waals surface area (Å²) >= 11 is 6.33. The van der Waals surface area contributed by atoms with Crippen LogP contribution < -0.4 is 16.0 Å². The minimum Gasteiger partial charge on any atom is -0.489 e. The van der Waals surface area contributed by atoms with Gasteiger partial charge in [0.2, 0.25) is 0 Å². The predicted octanol–water partition coefficient (Wildman–Crippen LogP) is 5.96. The zero-order valence-electron chi connectivity index (χ0n) is 17.0. The van der Waals surface area contributed by atoms with Crippen LogP contribution in [-0.4, -0.2) is 23.3 Å². The number of hydrogen-bond donors (Lipinski definition) is 2. The summed E-state index contributed by atoms with van der Waals surface area (Å²) in [5.74, 6) is 0.518. The van der Waals surface area contributed by atoms with Crippen molar-refractivity contribution in [2.75, 3.05) is 0 Å². The second kappa shape index (κ2) is 9.18. The third kappa shape index (κ3) is 5.30. The molecule has 1 saturated carbocycles. The molecule has 1 aromatic carbocycles. The van der Waals surface area contributed by atoms with E-state index < -0.39 is 12.6 Å². The molecule has 4 nitrogen and oxygen atoms in total. The van der Waals surface area contributed by atoms with Crippen molar-refractivity contribution in [2.45, 2.75) is 76.6 Å². The lowest BCUT2D eigenvalue weighted by Gasteiger charge is -2.44. The largest absolute Gasteiger partial charge is 0.489 e. The average Bonchev–Trinajstić information content (AvgIpc) is 2.69. The molecule has 0 radical (unpaired) electrons. The monoisotopic (exact) mass is 444 g/mol. The molecule has 166 valence electrons. The number of aromatic nitrogens is 1. The summed E-state index contributed by atoms with van der Waals surface area (Å²) in [6, 6.07) is 5.02. The fourth-order valence-corrected chi connectivity index (χ4v) is 4.83. The van der Waals surface area contributed by atoms with Gasteiger partial charge in [0.1, 0.15) is 5.75 Å². The molecule has 1 unspecified atom stereocenters. The standard InChI is InChI=1S/C22H28ClF3N2O2/c1-2-19(27)21(7-3-8-22(24,25)26)9-4-15(5-10-21)30-18-12-14-6-11-28-20(29)16(14)13-17(18)23/h6,11-13,15,19H,2-5,7-10,27H2,1H3,(H,28,29). The van der Waals surface area contributed by atoms with Gasteiger partial charge in [-0.1, -0.05) is 18.5 Å². The zero-order chi connectivity index (χ0) is 21.9. The molecular weight excluding hydrogens is 417 g/mol. The van der Waals surface area contributed by atoms with Crippen LogP contribution in [0.4, 0.5) is 13.2 Å². The van der Waals surface area contributed by atoms with Crippen molar-refractivity contribution in [2.24, 2.45) is 11.1 Å². The summed E-state index contributed by atoms with van der Waals surface area (Å²) in [6.07, 6.45) is 0.803. The summed E-state index contributed by atoms with van der Waals surface area (Å²) in [6.45, 7) is 1.98. The number of nitrogens with two attached hydrogens (primary N) is 1. The van der Waals surface area contributed by atoms with Gasteiger partial charge < -0.3 is 15.5 Å². The molecule has 0 bridgehead atoms. The minimum atomic E-state index is -4.13. The molecule has 0 amide bonds. The van der Waals surface area contributed by atoms with E-state index in [1.165, 1.54) is 0 Å². The normalized spacial score (nSPS) is 23.5. The molecular formula is C22H28ClF3N2O2. The van der Waals surface area contributed by atoms with Crippen LogP contribution in [0.3, 0.4) is 0 Å². The van der Waals surface area contributed by atoms with Crippen LogP contribution in [0.1, 0.15) is 58.3 Å². The molecule has 2 aromatic rings. The van der Waals surface area contributed by atoms with E-state index in [1.54, 1.807) is 24.4 Å². The van der Waals surface area contributed by atoms with Crippen molar-refractivity contribution in [3.63, 3.8) is 0 Å². The van der Waals surface area contributed by atoms with E-state index in [0.717, 1.165) is 24.6 Å². The maximum absolute atomic E-state index is 12.6. The molecule has 0 aliphatic heterocycles. The summed E-state index contributed by atoms with van der Waals surface area (Å²) in [4.78, 5) is 14.5. The Morgan fingerprint density at radius 2 is 2.03 bits per heavy atom. The van der Waals surface area contributed by atoms with Gasteiger partial charge in [-0.15, -0.1) is 0 Å². The van der Waals surface area contributed by atoms with Gasteiger partial charge >= 0.3 is 6.18 Å². The van der Waals surface area contributed by atoms with E-state index >= 15 is 0 Å². The Morgan fingerprint density at radius 3 is 2.67 bits per heavy atom. The fourth-order valence-electron chi connectivity index (χ4n) is 4.62. The van der Waals surface area contributed by atoms with Crippen molar-refractivity contribution in [1.82, 2.24) is 4.98 Å². The van der Waals surface area contributed by atoms with Crippen LogP contribution in [0.15, 0.2) is 29.2 Å². The summed E-state index contributed by atoms with van der Waals surface area (Å²) in [5, 5.41) is 1.60. The molecule has 3 rings (SSSR count). The third-order valence-corrected chi connectivity index (χ3v) is 6.70. The van der Waals surface area contributed by atoms with Crippen LogP contribution in [0.5, 0.6) is 5.75 Å². The lowest BCUT2D eigenvalue weighted by Crippen LogP contribution is -2.45. The predicted molar refractivity (Wildman–Crippen MR) is 113 cm³/mol. The molecule has 0 spiro atoms. The second-order valence-corrected chi connectivity index (χ2v) is 8.75. The van der Waals surface area contributed by atoms with E-state index in [0.29, 0.717) is 35.4 Å². The number of benzene rings is 1. The van der Waals surface area contributed by atoms with Crippen molar-refractivity contribution >= 4 is 22.4 Å². The van der Waals surface area contributed by atoms with Gasteiger partial charge in [-0.2, -0.15) is 13.2 Å². The molecule has 1 aromatic heterocycles. The van der Waals surface area contributed by atoms with Gasteiger partial charge in [0.05, 0.1) is 11.1 Å². The maximum Gasteiger partial charge on any atom is 0.389 e. The third-order valence-electron chi connectivity index (χ3n) is 6.41. The number of H-pyrrole nitrogens is 1. The van der Waals surface area contributed by atoms with E-state index in [9.17, 15) is 18.0 Å². The van der Waals surface area contributed by atoms with Crippen molar-refractivity contribution < 1.29 is 17.9 Å². The van der Waals surface area contributed by atoms with Gasteiger partial charge in [-0.05, 0) is 73.9 Å². The molecule has 30 heavy (non-hydrogen) atoms. The lowest BCUT2D eigenvalue weighted by molar-refractivity contribution is -0.137. The highest BCUT2D eigenvalue weighted by Crippen LogP contribution is 2.45. The Balaban J connectivity index is 1.68. The smallest absolute Gasteiger partial charge is 0.389 e. The highest BCUT2D eigenvalue weighted by atomic mass is 35.5. The SMILES string of the molecule is CCC(N)C1(CCCC(F)(F)F)CCC(Oc2cc3cc[nH]c(=O)c3cc2Cl)CC1. The number of hydrogen-bond acceptors (Lipinski definition) is 3. The summed E-state index contributed by atoms with van der Waals surface area (Å²) < 4.78 is 44.0. The van der Waals surface area contributed by atoms with Crippen LogP contribution in [0.25, 0.3) is 10.8 Å². The molecule has 1 heterocycles. The highest BCUT2D eigenvalue weighted by Gasteiger charge is 2.40. The topological polar surface area (TPSA) is 68.1 Å². The molecule has 1 fully saturated rings. The van der Waals surface area contributed by atoms with Crippen LogP contribution >= 0.6 is 11.6 Å². The lowest BCUT2D eigenvalue weighted by atomic mass is 9.65. The first-order chi connectivity index (χ1) is 14.1. The summed E-state index contributed by atoms with van der Waals surface area (Å²) in [7, 11) is 0. The highest BCUT2D eigenvalue weighted by molar-refractivity contribution is 6.32. The van der Waals surface area contributed by atoms with E-state index in [4.69, 9.17) is 22.1 Å². The summed E-state index contributed by atoms with van der Waals surface area (Å²) in [5.41, 5.74) is 5.87. The van der Waals surface area contributed by atoms with Crippen LogP contribution in [0.2, 0.25) is 5.02 Å². The molecule has 1 atom stereocenters. The maximum atomic E-state index is 12.6. The van der Waals surface area contributed by atoms with E-state index in [2.05, 4.69) is 4.98 Å². The van der Waals surface area contributed by atoms with E-state index in [1.807, 2.05) is 6.92 Å². The Morgan fingerprint density at radius 1 is 1.33 bits per heavy atom. The Hall–Kier alpha value is -1.73. The Kier molecular flexibility index (Phi) is 7.02. The first kappa shape index (κ1) is 22.9. The number of fused-ring (bicyclic) bond motifs is 1. The van der Waals surface area contributed by atoms with Gasteiger partial charge in [0, 0.05) is 24.0 Å². The van der Waals surface area contributed by atoms with Gasteiger partial charge in [-0.25, -0.2) is 0 Å². The molecule has 0 saturated heterocycles. The Labute approximate surface area is 178 Å². The number of pyridine rings is 1. The van der Waals surface area contributed by atoms with Crippen LogP contribution in [0, 0.1) is 5.41 Å². The van der Waals surface area contributed by atoms with E-state index in [-0.39, 0.29) is 29.5 Å². The number of alkyl halides is 3. The quantitative estimate of drug-likeness (QED) is 0.553. The van der Waals surface area contributed by atoms with Crippen molar-refractivity contribution in [1.29, 1.82) is 0 Å². The van der Waals surface area contributed by atoms with Crippen molar-refractivity contribution in [3.05, 3.63) is 39.8 Å². The molecule has 8 heteroatoms. The van der Waals surface area contributed by atoms with Crippen molar-refractivity contribution in [3.8, 4) is 5.75 Å². The molecule has 1 aliphatic carbocycles. The molecule has 3 N–H and O–H groups in total. The van der Waals surface area contributed by atoms with Crippen LogP contribution in [-0.2, 0) is 0 Å². The van der Waals surface area contributed by atoms with Gasteiger partial charge in [0.25, 0.3) is 5.56 Å². The fraction of sp³-hybridized carbons (Fsp3) is 0.591. The zero-order valence-corrected chi connectivity index (χ0v) is 17.8. The minimum absolute atomic E-state index is 0.0817. The number of ether oxygens (including phenoxy) is 1. The number of nitrogens with one attached hydrogen (secondary N) is 1. The average molecular weight is 445 g/mol. The van der Waals surface area contributed by atoms with Gasteiger partial charge in [-0.3, -0.25) is 4.79 Å². The first-order valence-corrected chi connectivity index (χ1v) is 10.8. The Bertz CT molecular complexity index is 921. The second-order valence-electron chi connectivity index (χ2n) is 8.34. The number of rotatable bonds is 7. The van der Waals surface area contributed by atoms with Gasteiger partial charge in [0.15, 0.2) is 0 Å².